The molecule has 1 aliphatic heterocycles. The molecule has 28 heavy (non-hydrogen) atoms. The van der Waals surface area contributed by atoms with Crippen LogP contribution >= 0.6 is 0 Å². The molecule has 6 nitrogen and oxygen atoms in total. The average Bonchev–Trinajstić information content (AvgIpc) is 2.71. The minimum absolute atomic E-state index is 0.0313. The van der Waals surface area contributed by atoms with Crippen molar-refractivity contribution in [3.63, 3.8) is 0 Å². The summed E-state index contributed by atoms with van der Waals surface area (Å²) in [5, 5.41) is 13.4. The van der Waals surface area contributed by atoms with Crippen molar-refractivity contribution in [1.82, 2.24) is 10.2 Å². The molecule has 6 heteroatoms. The SMILES string of the molecule is CCNC(=NCc1ccc(OC)c(O)c1)N1CCOC(c2ccccc2C)C1. The molecule has 1 unspecified atom stereocenters. The highest BCUT2D eigenvalue weighted by atomic mass is 16.5. The fourth-order valence-electron chi connectivity index (χ4n) is 3.40. The number of nitrogens with one attached hydrogen (secondary N) is 1. The number of methoxy groups -OCH3 is 1. The first kappa shape index (κ1) is 20.0. The summed E-state index contributed by atoms with van der Waals surface area (Å²) in [6.07, 6.45) is 0.0313. The van der Waals surface area contributed by atoms with Crippen molar-refractivity contribution in [3.05, 3.63) is 59.2 Å². The third-order valence-electron chi connectivity index (χ3n) is 4.89. The highest BCUT2D eigenvalue weighted by molar-refractivity contribution is 5.80. The van der Waals surface area contributed by atoms with E-state index in [1.807, 2.05) is 6.07 Å². The maximum Gasteiger partial charge on any atom is 0.194 e. The van der Waals surface area contributed by atoms with Crippen LogP contribution in [0, 0.1) is 6.92 Å². The lowest BCUT2D eigenvalue weighted by Crippen LogP contribution is -2.48. The number of rotatable bonds is 5. The first-order valence-corrected chi connectivity index (χ1v) is 9.68. The van der Waals surface area contributed by atoms with E-state index in [-0.39, 0.29) is 11.9 Å². The van der Waals surface area contributed by atoms with E-state index in [0.717, 1.165) is 31.2 Å². The minimum Gasteiger partial charge on any atom is -0.504 e. The third-order valence-corrected chi connectivity index (χ3v) is 4.89. The second kappa shape index (κ2) is 9.46. The van der Waals surface area contributed by atoms with Crippen molar-refractivity contribution in [2.24, 2.45) is 4.99 Å². The highest BCUT2D eigenvalue weighted by Crippen LogP contribution is 2.27. The van der Waals surface area contributed by atoms with Gasteiger partial charge in [-0.05, 0) is 42.7 Å². The van der Waals surface area contributed by atoms with E-state index in [2.05, 4.69) is 48.3 Å². The van der Waals surface area contributed by atoms with Crippen molar-refractivity contribution in [2.45, 2.75) is 26.5 Å². The van der Waals surface area contributed by atoms with E-state index in [4.69, 9.17) is 14.5 Å². The molecule has 1 atom stereocenters. The van der Waals surface area contributed by atoms with Crippen LogP contribution in [0.25, 0.3) is 0 Å². The predicted molar refractivity (Wildman–Crippen MR) is 111 cm³/mol. The molecule has 1 heterocycles. The first-order chi connectivity index (χ1) is 13.6. The quantitative estimate of drug-likeness (QED) is 0.613. The van der Waals surface area contributed by atoms with Crippen LogP contribution in [0.5, 0.6) is 11.5 Å². The fourth-order valence-corrected chi connectivity index (χ4v) is 3.40. The van der Waals surface area contributed by atoms with Crippen molar-refractivity contribution in [2.75, 3.05) is 33.4 Å². The summed E-state index contributed by atoms with van der Waals surface area (Å²) in [4.78, 5) is 7.02. The molecule has 2 aromatic carbocycles. The number of aryl methyl sites for hydroxylation is 1. The summed E-state index contributed by atoms with van der Waals surface area (Å²) in [5.74, 6) is 1.46. The van der Waals surface area contributed by atoms with Crippen LogP contribution in [0.15, 0.2) is 47.5 Å². The Bertz CT molecular complexity index is 822. The summed E-state index contributed by atoms with van der Waals surface area (Å²) in [6.45, 7) is 7.66. The maximum atomic E-state index is 9.98. The largest absolute Gasteiger partial charge is 0.504 e. The molecular formula is C22H29N3O3. The Balaban J connectivity index is 1.74. The number of benzene rings is 2. The zero-order valence-electron chi connectivity index (χ0n) is 16.8. The minimum atomic E-state index is 0.0313. The molecule has 0 aliphatic carbocycles. The second-order valence-electron chi connectivity index (χ2n) is 6.84. The Kier molecular flexibility index (Phi) is 6.76. The highest BCUT2D eigenvalue weighted by Gasteiger charge is 2.25. The number of hydrogen-bond acceptors (Lipinski definition) is 4. The van der Waals surface area contributed by atoms with Crippen LogP contribution in [0.3, 0.4) is 0 Å². The molecule has 0 bridgehead atoms. The Labute approximate surface area is 166 Å². The molecular weight excluding hydrogens is 354 g/mol. The summed E-state index contributed by atoms with van der Waals surface area (Å²) in [6, 6.07) is 13.7. The lowest BCUT2D eigenvalue weighted by molar-refractivity contribution is -0.00834. The van der Waals surface area contributed by atoms with Crippen LogP contribution in [-0.4, -0.2) is 49.3 Å². The normalized spacial score (nSPS) is 17.5. The molecule has 0 aromatic heterocycles. The van der Waals surface area contributed by atoms with Crippen LogP contribution in [0.1, 0.15) is 29.7 Å². The number of morpholine rings is 1. The molecule has 3 rings (SSSR count). The van der Waals surface area contributed by atoms with Gasteiger partial charge in [-0.1, -0.05) is 30.3 Å². The Morgan fingerprint density at radius 1 is 1.32 bits per heavy atom. The van der Waals surface area contributed by atoms with Gasteiger partial charge >= 0.3 is 0 Å². The number of aliphatic imine (C=N–C) groups is 1. The monoisotopic (exact) mass is 383 g/mol. The molecule has 0 spiro atoms. The van der Waals surface area contributed by atoms with E-state index in [1.54, 1.807) is 19.2 Å². The number of hydrogen-bond donors (Lipinski definition) is 2. The number of aromatic hydroxyl groups is 1. The summed E-state index contributed by atoms with van der Waals surface area (Å²) in [7, 11) is 1.54. The lowest BCUT2D eigenvalue weighted by Gasteiger charge is -2.35. The van der Waals surface area contributed by atoms with Crippen molar-refractivity contribution >= 4 is 5.96 Å². The second-order valence-corrected chi connectivity index (χ2v) is 6.84. The molecule has 0 radical (unpaired) electrons. The van der Waals surface area contributed by atoms with Gasteiger partial charge in [-0.3, -0.25) is 0 Å². The zero-order chi connectivity index (χ0) is 19.9. The van der Waals surface area contributed by atoms with Gasteiger partial charge < -0.3 is 24.8 Å². The van der Waals surface area contributed by atoms with E-state index in [9.17, 15) is 5.11 Å². The smallest absolute Gasteiger partial charge is 0.194 e. The van der Waals surface area contributed by atoms with Gasteiger partial charge in [0.15, 0.2) is 17.5 Å². The summed E-state index contributed by atoms with van der Waals surface area (Å²) >= 11 is 0. The molecule has 1 aliphatic rings. The molecule has 2 aromatic rings. The van der Waals surface area contributed by atoms with E-state index in [1.165, 1.54) is 11.1 Å². The van der Waals surface area contributed by atoms with Gasteiger partial charge in [0.05, 0.1) is 26.8 Å². The lowest BCUT2D eigenvalue weighted by atomic mass is 10.0. The Morgan fingerprint density at radius 2 is 2.14 bits per heavy atom. The van der Waals surface area contributed by atoms with Gasteiger partial charge in [-0.2, -0.15) is 0 Å². The van der Waals surface area contributed by atoms with Gasteiger partial charge in [0.25, 0.3) is 0 Å². The van der Waals surface area contributed by atoms with E-state index >= 15 is 0 Å². The van der Waals surface area contributed by atoms with Gasteiger partial charge in [-0.15, -0.1) is 0 Å². The molecule has 150 valence electrons. The third kappa shape index (κ3) is 4.75. The molecule has 1 fully saturated rings. The van der Waals surface area contributed by atoms with Crippen LogP contribution in [-0.2, 0) is 11.3 Å². The van der Waals surface area contributed by atoms with Crippen molar-refractivity contribution in [3.8, 4) is 11.5 Å². The van der Waals surface area contributed by atoms with Gasteiger partial charge in [-0.25, -0.2) is 4.99 Å². The molecule has 0 saturated carbocycles. The van der Waals surface area contributed by atoms with Crippen molar-refractivity contribution in [1.29, 1.82) is 0 Å². The van der Waals surface area contributed by atoms with Crippen LogP contribution in [0.2, 0.25) is 0 Å². The van der Waals surface area contributed by atoms with Gasteiger partial charge in [0.2, 0.25) is 0 Å². The van der Waals surface area contributed by atoms with E-state index < -0.39 is 0 Å². The number of guanidine groups is 1. The molecule has 1 saturated heterocycles. The number of phenolic OH excluding ortho intramolecular Hbond substituents is 1. The molecule has 2 N–H and O–H groups in total. The number of phenols is 1. The van der Waals surface area contributed by atoms with Crippen LogP contribution in [0.4, 0.5) is 0 Å². The van der Waals surface area contributed by atoms with Crippen LogP contribution < -0.4 is 10.1 Å². The molecule has 0 amide bonds. The predicted octanol–water partition coefficient (Wildman–Crippen LogP) is 3.25. The van der Waals surface area contributed by atoms with Crippen molar-refractivity contribution < 1.29 is 14.6 Å². The Morgan fingerprint density at radius 3 is 2.86 bits per heavy atom. The van der Waals surface area contributed by atoms with Gasteiger partial charge in [0.1, 0.15) is 6.10 Å². The first-order valence-electron chi connectivity index (χ1n) is 9.68. The Hall–Kier alpha value is -2.73. The van der Waals surface area contributed by atoms with E-state index in [0.29, 0.717) is 18.9 Å². The average molecular weight is 383 g/mol. The maximum absolute atomic E-state index is 9.98. The number of ether oxygens (including phenoxy) is 2. The topological polar surface area (TPSA) is 66.3 Å². The fraction of sp³-hybridized carbons (Fsp3) is 0.409. The standard InChI is InChI=1S/C22H29N3O3/c1-4-23-22(24-14-17-9-10-20(27-3)19(26)13-17)25-11-12-28-21(15-25)18-8-6-5-7-16(18)2/h5-10,13,21,26H,4,11-12,14-15H2,1-3H3,(H,23,24). The zero-order valence-corrected chi connectivity index (χ0v) is 16.8. The summed E-state index contributed by atoms with van der Waals surface area (Å²) in [5.41, 5.74) is 3.39. The van der Waals surface area contributed by atoms with Gasteiger partial charge in [0, 0.05) is 13.1 Å². The summed E-state index contributed by atoms with van der Waals surface area (Å²) < 4.78 is 11.1. The number of nitrogens with zero attached hydrogens (tertiary/aromatic N) is 2.